The number of aromatic nitrogens is 2. The van der Waals surface area contributed by atoms with Gasteiger partial charge in [-0.2, -0.15) is 0 Å². The average molecular weight is 208 g/mol. The van der Waals surface area contributed by atoms with Crippen LogP contribution in [0.2, 0.25) is 0 Å². The second kappa shape index (κ2) is 4.02. The van der Waals surface area contributed by atoms with Gasteiger partial charge in [0, 0.05) is 45.0 Å². The third-order valence-electron chi connectivity index (χ3n) is 2.75. The van der Waals surface area contributed by atoms with Crippen molar-refractivity contribution in [3.63, 3.8) is 0 Å². The first-order chi connectivity index (χ1) is 7.18. The monoisotopic (exact) mass is 208 g/mol. The number of likely N-dealkylation sites (N-methyl/N-ethyl adjacent to an activating group) is 1. The van der Waals surface area contributed by atoms with Gasteiger partial charge in [0.25, 0.3) is 0 Å². The molecule has 1 saturated heterocycles. The Morgan fingerprint density at radius 2 is 2.40 bits per heavy atom. The molecular formula is C10H16N4O. The summed E-state index contributed by atoms with van der Waals surface area (Å²) in [5, 5.41) is 3.22. The first-order valence-corrected chi connectivity index (χ1v) is 5.09. The van der Waals surface area contributed by atoms with Gasteiger partial charge in [0.1, 0.15) is 6.54 Å². The molecule has 0 atom stereocenters. The highest BCUT2D eigenvalue weighted by molar-refractivity contribution is 5.75. The number of carbonyl (C=O) groups excluding carboxylic acids is 1. The number of hydrogen-bond donors (Lipinski definition) is 1. The van der Waals surface area contributed by atoms with Gasteiger partial charge in [0.2, 0.25) is 5.91 Å². The molecule has 0 bridgehead atoms. The molecule has 0 unspecified atom stereocenters. The quantitative estimate of drug-likeness (QED) is 0.739. The summed E-state index contributed by atoms with van der Waals surface area (Å²) in [5.41, 5.74) is 1.16. The minimum Gasteiger partial charge on any atom is -0.347 e. The van der Waals surface area contributed by atoms with E-state index in [0.29, 0.717) is 12.5 Å². The molecule has 82 valence electrons. The zero-order valence-electron chi connectivity index (χ0n) is 9.10. The van der Waals surface area contributed by atoms with Gasteiger partial charge in [-0.1, -0.05) is 0 Å². The molecular weight excluding hydrogens is 192 g/mol. The molecule has 0 saturated carbocycles. The molecule has 0 spiro atoms. The summed E-state index contributed by atoms with van der Waals surface area (Å²) in [6.07, 6.45) is 3.59. The zero-order valence-corrected chi connectivity index (χ0v) is 9.10. The molecule has 0 aromatic carbocycles. The van der Waals surface area contributed by atoms with Crippen molar-refractivity contribution in [2.45, 2.75) is 12.5 Å². The lowest BCUT2D eigenvalue weighted by atomic mass is 10.00. The molecule has 15 heavy (non-hydrogen) atoms. The standard InChI is InChI=1S/C10H16N4O/c1-13(2)10(15)6-14-7-12-5-9(14)8-3-11-4-8/h5,7-8,11H,3-4,6H2,1-2H3. The maximum absolute atomic E-state index is 11.6. The van der Waals surface area contributed by atoms with E-state index in [0.717, 1.165) is 18.8 Å². The predicted octanol–water partition coefficient (Wildman–Crippen LogP) is -0.342. The van der Waals surface area contributed by atoms with Crippen LogP contribution >= 0.6 is 0 Å². The van der Waals surface area contributed by atoms with E-state index in [1.807, 2.05) is 10.8 Å². The van der Waals surface area contributed by atoms with E-state index < -0.39 is 0 Å². The van der Waals surface area contributed by atoms with Crippen molar-refractivity contribution >= 4 is 5.91 Å². The Labute approximate surface area is 89.1 Å². The Morgan fingerprint density at radius 1 is 1.67 bits per heavy atom. The summed E-state index contributed by atoms with van der Waals surface area (Å²) >= 11 is 0. The van der Waals surface area contributed by atoms with E-state index in [-0.39, 0.29) is 5.91 Å². The SMILES string of the molecule is CN(C)C(=O)Cn1cncc1C1CNC1. The van der Waals surface area contributed by atoms with Gasteiger partial charge in [-0.05, 0) is 0 Å². The minimum absolute atomic E-state index is 0.0986. The number of hydrogen-bond acceptors (Lipinski definition) is 3. The van der Waals surface area contributed by atoms with Gasteiger partial charge in [-0.15, -0.1) is 0 Å². The maximum atomic E-state index is 11.6. The lowest BCUT2D eigenvalue weighted by Crippen LogP contribution is -2.41. The number of imidazole rings is 1. The summed E-state index contributed by atoms with van der Waals surface area (Å²) in [5.74, 6) is 0.615. The largest absolute Gasteiger partial charge is 0.347 e. The van der Waals surface area contributed by atoms with E-state index in [1.165, 1.54) is 0 Å². The first-order valence-electron chi connectivity index (χ1n) is 5.09. The van der Waals surface area contributed by atoms with Crippen LogP contribution in [0.3, 0.4) is 0 Å². The molecule has 2 rings (SSSR count). The second-order valence-electron chi connectivity index (χ2n) is 4.09. The fourth-order valence-electron chi connectivity index (χ4n) is 1.59. The van der Waals surface area contributed by atoms with E-state index in [1.54, 1.807) is 25.3 Å². The van der Waals surface area contributed by atoms with Gasteiger partial charge in [0.05, 0.1) is 6.33 Å². The van der Waals surface area contributed by atoms with Crippen LogP contribution in [0.4, 0.5) is 0 Å². The van der Waals surface area contributed by atoms with Crippen molar-refractivity contribution < 1.29 is 4.79 Å². The predicted molar refractivity (Wildman–Crippen MR) is 56.5 cm³/mol. The zero-order chi connectivity index (χ0) is 10.8. The van der Waals surface area contributed by atoms with Crippen LogP contribution < -0.4 is 5.32 Å². The van der Waals surface area contributed by atoms with Gasteiger partial charge >= 0.3 is 0 Å². The number of amides is 1. The third-order valence-corrected chi connectivity index (χ3v) is 2.75. The molecule has 1 amide bonds. The summed E-state index contributed by atoms with van der Waals surface area (Å²) in [6.45, 7) is 2.36. The van der Waals surface area contributed by atoms with Crippen LogP contribution in [0.1, 0.15) is 11.6 Å². The number of nitrogens with one attached hydrogen (secondary N) is 1. The van der Waals surface area contributed by atoms with Crippen LogP contribution in [-0.4, -0.2) is 47.5 Å². The molecule has 1 aromatic rings. The molecule has 1 aliphatic rings. The lowest BCUT2D eigenvalue weighted by Gasteiger charge is -2.27. The summed E-state index contributed by atoms with van der Waals surface area (Å²) in [6, 6.07) is 0. The van der Waals surface area contributed by atoms with Crippen molar-refractivity contribution in [1.29, 1.82) is 0 Å². The van der Waals surface area contributed by atoms with E-state index >= 15 is 0 Å². The first kappa shape index (κ1) is 10.2. The van der Waals surface area contributed by atoms with E-state index in [2.05, 4.69) is 10.3 Å². The highest BCUT2D eigenvalue weighted by atomic mass is 16.2. The number of rotatable bonds is 3. The molecule has 5 heteroatoms. The fourth-order valence-corrected chi connectivity index (χ4v) is 1.59. The lowest BCUT2D eigenvalue weighted by molar-refractivity contribution is -0.129. The minimum atomic E-state index is 0.0986. The summed E-state index contributed by atoms with van der Waals surface area (Å²) < 4.78 is 1.94. The molecule has 0 radical (unpaired) electrons. The third kappa shape index (κ3) is 2.02. The normalized spacial score (nSPS) is 16.1. The van der Waals surface area contributed by atoms with Crippen LogP contribution in [0.25, 0.3) is 0 Å². The average Bonchev–Trinajstić information content (AvgIpc) is 2.50. The molecule has 1 fully saturated rings. The Bertz CT molecular complexity index is 354. The summed E-state index contributed by atoms with van der Waals surface area (Å²) in [7, 11) is 3.54. The Balaban J connectivity index is 2.07. The second-order valence-corrected chi connectivity index (χ2v) is 4.09. The molecule has 2 heterocycles. The molecule has 5 nitrogen and oxygen atoms in total. The highest BCUT2D eigenvalue weighted by Crippen LogP contribution is 2.19. The highest BCUT2D eigenvalue weighted by Gasteiger charge is 2.23. The van der Waals surface area contributed by atoms with Crippen molar-refractivity contribution in [2.75, 3.05) is 27.2 Å². The van der Waals surface area contributed by atoms with Gasteiger partial charge in [-0.3, -0.25) is 4.79 Å². The number of nitrogens with zero attached hydrogens (tertiary/aromatic N) is 3. The van der Waals surface area contributed by atoms with Crippen LogP contribution in [-0.2, 0) is 11.3 Å². The summed E-state index contributed by atoms with van der Waals surface area (Å²) in [4.78, 5) is 17.3. The van der Waals surface area contributed by atoms with Gasteiger partial charge in [-0.25, -0.2) is 4.98 Å². The Kier molecular flexibility index (Phi) is 2.73. The van der Waals surface area contributed by atoms with Crippen molar-refractivity contribution in [3.05, 3.63) is 18.2 Å². The smallest absolute Gasteiger partial charge is 0.242 e. The van der Waals surface area contributed by atoms with Crippen molar-refractivity contribution in [3.8, 4) is 0 Å². The molecule has 1 aliphatic heterocycles. The Hall–Kier alpha value is -1.36. The fraction of sp³-hybridized carbons (Fsp3) is 0.600. The molecule has 1 N–H and O–H groups in total. The maximum Gasteiger partial charge on any atom is 0.242 e. The topological polar surface area (TPSA) is 50.2 Å². The molecule has 1 aromatic heterocycles. The van der Waals surface area contributed by atoms with Crippen LogP contribution in [0, 0.1) is 0 Å². The molecule has 0 aliphatic carbocycles. The van der Waals surface area contributed by atoms with Crippen LogP contribution in [0.5, 0.6) is 0 Å². The number of carbonyl (C=O) groups is 1. The van der Waals surface area contributed by atoms with Crippen molar-refractivity contribution in [2.24, 2.45) is 0 Å². The van der Waals surface area contributed by atoms with E-state index in [9.17, 15) is 4.79 Å². The van der Waals surface area contributed by atoms with E-state index in [4.69, 9.17) is 0 Å². The van der Waals surface area contributed by atoms with Crippen molar-refractivity contribution in [1.82, 2.24) is 19.8 Å². The van der Waals surface area contributed by atoms with Crippen LogP contribution in [0.15, 0.2) is 12.5 Å². The Morgan fingerprint density at radius 3 is 2.93 bits per heavy atom. The van der Waals surface area contributed by atoms with Gasteiger partial charge in [0.15, 0.2) is 0 Å². The van der Waals surface area contributed by atoms with Gasteiger partial charge < -0.3 is 14.8 Å².